The number of ether oxygens (including phenoxy) is 1. The first kappa shape index (κ1) is 23.6. The Kier molecular flexibility index (Phi) is 8.76. The fraction of sp³-hybridized carbons (Fsp3) is 0.240. The van der Waals surface area contributed by atoms with Gasteiger partial charge >= 0.3 is 0 Å². The number of nitrogens with two attached hydrogens (primary N) is 1. The van der Waals surface area contributed by atoms with E-state index in [-0.39, 0.29) is 7.43 Å². The molecule has 2 N–H and O–H groups in total. The lowest BCUT2D eigenvalue weighted by atomic mass is 10.1. The summed E-state index contributed by atoms with van der Waals surface area (Å²) in [6.07, 6.45) is 2.39. The zero-order valence-corrected chi connectivity index (χ0v) is 17.5. The Morgan fingerprint density at radius 1 is 0.968 bits per heavy atom. The third-order valence-electron chi connectivity index (χ3n) is 4.30. The Morgan fingerprint density at radius 3 is 2.42 bits per heavy atom. The van der Waals surface area contributed by atoms with E-state index in [2.05, 4.69) is 15.1 Å². The average Bonchev–Trinajstić information content (AvgIpc) is 3.23. The molecule has 0 aliphatic carbocycles. The SMILES string of the molecule is C.CC.Cc1ccc(-c2cc(Cc3ccc(OCc4ccccc4)nc3)no2)c(N)n1. The molecule has 3 heterocycles. The van der Waals surface area contributed by atoms with Crippen molar-refractivity contribution in [1.82, 2.24) is 15.1 Å². The summed E-state index contributed by atoms with van der Waals surface area (Å²) in [4.78, 5) is 8.63. The number of nitrogens with zero attached hydrogens (tertiary/aromatic N) is 3. The summed E-state index contributed by atoms with van der Waals surface area (Å²) in [5.41, 5.74) is 10.5. The van der Waals surface area contributed by atoms with Crippen molar-refractivity contribution in [3.63, 3.8) is 0 Å². The molecule has 0 aliphatic heterocycles. The lowest BCUT2D eigenvalue weighted by Crippen LogP contribution is -1.97. The highest BCUT2D eigenvalue weighted by Gasteiger charge is 2.11. The summed E-state index contributed by atoms with van der Waals surface area (Å²) in [5, 5.41) is 4.13. The zero-order valence-electron chi connectivity index (χ0n) is 17.5. The molecular weight excluding hydrogens is 388 g/mol. The predicted molar refractivity (Wildman–Crippen MR) is 125 cm³/mol. The highest BCUT2D eigenvalue weighted by molar-refractivity contribution is 5.69. The van der Waals surface area contributed by atoms with Crippen molar-refractivity contribution < 1.29 is 9.26 Å². The first-order valence-electron chi connectivity index (χ1n) is 9.98. The van der Waals surface area contributed by atoms with E-state index in [9.17, 15) is 0 Å². The topological polar surface area (TPSA) is 87.1 Å². The highest BCUT2D eigenvalue weighted by atomic mass is 16.5. The van der Waals surface area contributed by atoms with Crippen LogP contribution in [-0.2, 0) is 13.0 Å². The minimum absolute atomic E-state index is 0. The number of aromatic nitrogens is 3. The lowest BCUT2D eigenvalue weighted by molar-refractivity contribution is 0.294. The predicted octanol–water partition coefficient (Wildman–Crippen LogP) is 5.85. The Labute approximate surface area is 184 Å². The maximum absolute atomic E-state index is 5.98. The molecular formula is C25H30N4O2. The van der Waals surface area contributed by atoms with Crippen LogP contribution in [0.15, 0.2) is 71.4 Å². The summed E-state index contributed by atoms with van der Waals surface area (Å²) in [6, 6.07) is 19.5. The summed E-state index contributed by atoms with van der Waals surface area (Å²) < 4.78 is 11.2. The van der Waals surface area contributed by atoms with Gasteiger partial charge in [0.15, 0.2) is 5.76 Å². The standard InChI is InChI=1S/C22H20N4O2.C2H6.CH4/c1-15-7-9-19(22(23)25-15)20-12-18(26-28-20)11-17-8-10-21(24-13-17)27-14-16-5-3-2-4-6-16;1-2;/h2-10,12-13H,11,14H2,1H3,(H2,23,25);1-2H3;1H4. The van der Waals surface area contributed by atoms with Crippen molar-refractivity contribution in [3.8, 4) is 17.2 Å². The Balaban J connectivity index is 0.00000111. The molecule has 6 heteroatoms. The monoisotopic (exact) mass is 418 g/mol. The first-order chi connectivity index (χ1) is 14.7. The number of rotatable bonds is 6. The van der Waals surface area contributed by atoms with E-state index in [4.69, 9.17) is 15.0 Å². The van der Waals surface area contributed by atoms with Gasteiger partial charge in [0.25, 0.3) is 0 Å². The summed E-state index contributed by atoms with van der Waals surface area (Å²) in [6.45, 7) is 6.39. The molecule has 3 aromatic heterocycles. The normalized spacial score (nSPS) is 9.90. The molecule has 0 saturated heterocycles. The largest absolute Gasteiger partial charge is 0.473 e. The molecule has 0 atom stereocenters. The molecule has 4 rings (SSSR count). The van der Waals surface area contributed by atoms with Gasteiger partial charge in [-0.05, 0) is 30.2 Å². The molecule has 1 aromatic carbocycles. The maximum Gasteiger partial charge on any atom is 0.213 e. The van der Waals surface area contributed by atoms with E-state index < -0.39 is 0 Å². The molecule has 0 bridgehead atoms. The number of aryl methyl sites for hydroxylation is 1. The molecule has 0 fully saturated rings. The van der Waals surface area contributed by atoms with Gasteiger partial charge in [0.05, 0.1) is 11.3 Å². The van der Waals surface area contributed by atoms with Crippen molar-refractivity contribution in [1.29, 1.82) is 0 Å². The lowest BCUT2D eigenvalue weighted by Gasteiger charge is -2.05. The Bertz CT molecular complexity index is 1060. The van der Waals surface area contributed by atoms with Crippen LogP contribution in [0.25, 0.3) is 11.3 Å². The van der Waals surface area contributed by atoms with Crippen LogP contribution in [0.3, 0.4) is 0 Å². The molecule has 0 unspecified atom stereocenters. The van der Waals surface area contributed by atoms with Crippen molar-refractivity contribution in [3.05, 3.63) is 89.4 Å². The van der Waals surface area contributed by atoms with Crippen LogP contribution in [0.4, 0.5) is 5.82 Å². The number of pyridine rings is 2. The first-order valence-corrected chi connectivity index (χ1v) is 9.98. The molecule has 4 aromatic rings. The zero-order chi connectivity index (χ0) is 21.3. The number of hydrogen-bond acceptors (Lipinski definition) is 6. The third-order valence-corrected chi connectivity index (χ3v) is 4.30. The van der Waals surface area contributed by atoms with E-state index in [0.717, 1.165) is 28.1 Å². The summed E-state index contributed by atoms with van der Waals surface area (Å²) in [5.74, 6) is 1.63. The van der Waals surface area contributed by atoms with E-state index in [1.807, 2.05) is 81.4 Å². The van der Waals surface area contributed by atoms with Crippen LogP contribution in [-0.4, -0.2) is 15.1 Å². The second-order valence-corrected chi connectivity index (χ2v) is 6.52. The van der Waals surface area contributed by atoms with Crippen LogP contribution >= 0.6 is 0 Å². The van der Waals surface area contributed by atoms with E-state index in [0.29, 0.717) is 30.5 Å². The quantitative estimate of drug-likeness (QED) is 0.422. The van der Waals surface area contributed by atoms with Gasteiger partial charge in [-0.2, -0.15) is 0 Å². The van der Waals surface area contributed by atoms with Gasteiger partial charge < -0.3 is 15.0 Å². The molecule has 31 heavy (non-hydrogen) atoms. The van der Waals surface area contributed by atoms with Crippen molar-refractivity contribution in [2.45, 2.75) is 41.2 Å². The van der Waals surface area contributed by atoms with Gasteiger partial charge in [0, 0.05) is 30.4 Å². The maximum atomic E-state index is 5.98. The third kappa shape index (κ3) is 6.40. The van der Waals surface area contributed by atoms with Crippen LogP contribution in [0, 0.1) is 6.92 Å². The van der Waals surface area contributed by atoms with Gasteiger partial charge in [0.1, 0.15) is 12.4 Å². The minimum Gasteiger partial charge on any atom is -0.473 e. The number of hydrogen-bond donors (Lipinski definition) is 1. The van der Waals surface area contributed by atoms with Crippen LogP contribution < -0.4 is 10.5 Å². The highest BCUT2D eigenvalue weighted by Crippen LogP contribution is 2.26. The average molecular weight is 419 g/mol. The van der Waals surface area contributed by atoms with Crippen LogP contribution in [0.5, 0.6) is 5.88 Å². The van der Waals surface area contributed by atoms with Crippen molar-refractivity contribution >= 4 is 5.82 Å². The van der Waals surface area contributed by atoms with E-state index in [1.165, 1.54) is 0 Å². The van der Waals surface area contributed by atoms with E-state index in [1.54, 1.807) is 6.20 Å². The van der Waals surface area contributed by atoms with Gasteiger partial charge in [0.2, 0.25) is 5.88 Å². The molecule has 0 saturated carbocycles. The smallest absolute Gasteiger partial charge is 0.213 e. The summed E-state index contributed by atoms with van der Waals surface area (Å²) >= 11 is 0. The fourth-order valence-corrected chi connectivity index (χ4v) is 2.85. The number of anilines is 1. The molecule has 162 valence electrons. The molecule has 0 aliphatic rings. The second-order valence-electron chi connectivity index (χ2n) is 6.52. The second kappa shape index (κ2) is 11.5. The van der Waals surface area contributed by atoms with Crippen LogP contribution in [0.2, 0.25) is 0 Å². The molecule has 0 spiro atoms. The van der Waals surface area contributed by atoms with Gasteiger partial charge in [-0.15, -0.1) is 0 Å². The van der Waals surface area contributed by atoms with E-state index >= 15 is 0 Å². The van der Waals surface area contributed by atoms with Gasteiger partial charge in [-0.1, -0.05) is 62.8 Å². The summed E-state index contributed by atoms with van der Waals surface area (Å²) in [7, 11) is 0. The Morgan fingerprint density at radius 2 is 1.74 bits per heavy atom. The van der Waals surface area contributed by atoms with Crippen LogP contribution in [0.1, 0.15) is 43.8 Å². The van der Waals surface area contributed by atoms with Gasteiger partial charge in [-0.25, -0.2) is 9.97 Å². The van der Waals surface area contributed by atoms with Gasteiger partial charge in [-0.3, -0.25) is 0 Å². The Hall–Kier alpha value is -3.67. The minimum atomic E-state index is 0. The molecule has 6 nitrogen and oxygen atoms in total. The number of nitrogen functional groups attached to an aromatic ring is 1. The molecule has 0 amide bonds. The number of benzene rings is 1. The molecule has 0 radical (unpaired) electrons. The van der Waals surface area contributed by atoms with Crippen molar-refractivity contribution in [2.24, 2.45) is 0 Å². The van der Waals surface area contributed by atoms with Crippen molar-refractivity contribution in [2.75, 3.05) is 5.73 Å². The fourth-order valence-electron chi connectivity index (χ4n) is 2.85.